The van der Waals surface area contributed by atoms with Crippen molar-refractivity contribution < 1.29 is 9.53 Å². The summed E-state index contributed by atoms with van der Waals surface area (Å²) >= 11 is 1.61. The van der Waals surface area contributed by atoms with Crippen molar-refractivity contribution in [2.45, 2.75) is 19.1 Å². The Balaban J connectivity index is 2.16. The number of amides is 1. The molecule has 5 heteroatoms. The molecule has 1 aromatic carbocycles. The number of ether oxygens (including phenoxy) is 1. The number of rotatable bonds is 5. The molecule has 0 saturated heterocycles. The number of carbonyl (C=O) groups is 1. The second-order valence-corrected chi connectivity index (χ2v) is 5.28. The number of benzene rings is 1. The van der Waals surface area contributed by atoms with E-state index in [4.69, 9.17) is 16.2 Å². The van der Waals surface area contributed by atoms with Crippen LogP contribution in [-0.4, -0.2) is 11.9 Å². The van der Waals surface area contributed by atoms with Gasteiger partial charge in [-0.05, 0) is 42.6 Å². The SMILES string of the molecule is CC(N)C(Oc1ccc(C(N)=O)cc1)c1cccs1. The molecule has 0 radical (unpaired) electrons. The molecule has 2 unspecified atom stereocenters. The summed E-state index contributed by atoms with van der Waals surface area (Å²) in [6.07, 6.45) is -0.195. The van der Waals surface area contributed by atoms with Crippen LogP contribution in [0.1, 0.15) is 28.3 Å². The third-order valence-corrected chi connectivity index (χ3v) is 3.64. The van der Waals surface area contributed by atoms with Crippen molar-refractivity contribution in [1.29, 1.82) is 0 Å². The smallest absolute Gasteiger partial charge is 0.248 e. The molecule has 1 aromatic heterocycles. The normalized spacial score (nSPS) is 13.8. The quantitative estimate of drug-likeness (QED) is 0.879. The van der Waals surface area contributed by atoms with E-state index >= 15 is 0 Å². The van der Waals surface area contributed by atoms with Gasteiger partial charge in [-0.3, -0.25) is 4.79 Å². The lowest BCUT2D eigenvalue weighted by molar-refractivity contribution is 0.1000. The molecule has 0 fully saturated rings. The summed E-state index contributed by atoms with van der Waals surface area (Å²) < 4.78 is 5.89. The fourth-order valence-electron chi connectivity index (χ4n) is 1.72. The Kier molecular flexibility index (Phi) is 4.19. The van der Waals surface area contributed by atoms with Gasteiger partial charge in [0.15, 0.2) is 0 Å². The molecular formula is C14H16N2O2S. The lowest BCUT2D eigenvalue weighted by atomic mass is 10.1. The monoisotopic (exact) mass is 276 g/mol. The maximum atomic E-state index is 11.0. The van der Waals surface area contributed by atoms with Crippen molar-refractivity contribution >= 4 is 17.2 Å². The number of nitrogens with two attached hydrogens (primary N) is 2. The van der Waals surface area contributed by atoms with Crippen molar-refractivity contribution in [2.75, 3.05) is 0 Å². The van der Waals surface area contributed by atoms with Crippen LogP contribution in [0.5, 0.6) is 5.75 Å². The molecule has 100 valence electrons. The molecule has 4 nitrogen and oxygen atoms in total. The van der Waals surface area contributed by atoms with E-state index in [0.29, 0.717) is 11.3 Å². The maximum absolute atomic E-state index is 11.0. The van der Waals surface area contributed by atoms with E-state index in [2.05, 4.69) is 0 Å². The first-order valence-electron chi connectivity index (χ1n) is 5.93. The third kappa shape index (κ3) is 3.33. The van der Waals surface area contributed by atoms with Crippen LogP contribution in [0.4, 0.5) is 0 Å². The highest BCUT2D eigenvalue weighted by Gasteiger charge is 2.19. The zero-order chi connectivity index (χ0) is 13.8. The van der Waals surface area contributed by atoms with E-state index in [1.165, 1.54) is 0 Å². The summed E-state index contributed by atoms with van der Waals surface area (Å²) in [4.78, 5) is 12.1. The third-order valence-electron chi connectivity index (χ3n) is 2.70. The molecule has 2 aromatic rings. The van der Waals surface area contributed by atoms with Crippen molar-refractivity contribution in [2.24, 2.45) is 11.5 Å². The van der Waals surface area contributed by atoms with Gasteiger partial charge in [-0.15, -0.1) is 11.3 Å². The van der Waals surface area contributed by atoms with Gasteiger partial charge >= 0.3 is 0 Å². The molecule has 0 aliphatic carbocycles. The largest absolute Gasteiger partial charge is 0.483 e. The molecule has 0 aliphatic rings. The summed E-state index contributed by atoms with van der Waals surface area (Å²) in [6, 6.07) is 10.6. The van der Waals surface area contributed by atoms with E-state index in [0.717, 1.165) is 4.88 Å². The number of primary amides is 1. The van der Waals surface area contributed by atoms with Crippen molar-refractivity contribution in [3.8, 4) is 5.75 Å². The van der Waals surface area contributed by atoms with E-state index in [1.807, 2.05) is 24.4 Å². The minimum Gasteiger partial charge on any atom is -0.483 e. The van der Waals surface area contributed by atoms with E-state index in [1.54, 1.807) is 35.6 Å². The van der Waals surface area contributed by atoms with Gasteiger partial charge in [0.2, 0.25) is 5.91 Å². The molecular weight excluding hydrogens is 260 g/mol. The fourth-order valence-corrected chi connectivity index (χ4v) is 2.59. The van der Waals surface area contributed by atoms with Crippen LogP contribution in [-0.2, 0) is 0 Å². The molecule has 2 atom stereocenters. The first-order valence-corrected chi connectivity index (χ1v) is 6.81. The Morgan fingerprint density at radius 2 is 1.95 bits per heavy atom. The topological polar surface area (TPSA) is 78.3 Å². The average Bonchev–Trinajstić information content (AvgIpc) is 2.89. The van der Waals surface area contributed by atoms with Crippen molar-refractivity contribution in [3.05, 3.63) is 52.2 Å². The van der Waals surface area contributed by atoms with Gasteiger partial charge in [0.05, 0.1) is 0 Å². The first-order chi connectivity index (χ1) is 9.08. The lowest BCUT2D eigenvalue weighted by Gasteiger charge is -2.21. The Morgan fingerprint density at radius 1 is 1.26 bits per heavy atom. The molecule has 1 heterocycles. The number of thiophene rings is 1. The van der Waals surface area contributed by atoms with Crippen molar-refractivity contribution in [3.63, 3.8) is 0 Å². The van der Waals surface area contributed by atoms with Crippen LogP contribution in [0.15, 0.2) is 41.8 Å². The average molecular weight is 276 g/mol. The highest BCUT2D eigenvalue weighted by molar-refractivity contribution is 7.10. The van der Waals surface area contributed by atoms with Crippen LogP contribution < -0.4 is 16.2 Å². The Labute approximate surface area is 116 Å². The zero-order valence-electron chi connectivity index (χ0n) is 10.6. The molecule has 0 aliphatic heterocycles. The van der Waals surface area contributed by atoms with Crippen LogP contribution in [0.25, 0.3) is 0 Å². The van der Waals surface area contributed by atoms with Crippen LogP contribution in [0.2, 0.25) is 0 Å². The molecule has 19 heavy (non-hydrogen) atoms. The summed E-state index contributed by atoms with van der Waals surface area (Å²) in [7, 11) is 0. The van der Waals surface area contributed by atoms with Gasteiger partial charge in [0.1, 0.15) is 11.9 Å². The first kappa shape index (κ1) is 13.6. The second kappa shape index (κ2) is 5.86. The Hall–Kier alpha value is -1.85. The summed E-state index contributed by atoms with van der Waals surface area (Å²) in [5.41, 5.74) is 11.6. The molecule has 0 saturated carbocycles. The molecule has 2 rings (SSSR count). The van der Waals surface area contributed by atoms with Gasteiger partial charge in [-0.25, -0.2) is 0 Å². The Morgan fingerprint density at radius 3 is 2.42 bits per heavy atom. The minimum absolute atomic E-state index is 0.130. The maximum Gasteiger partial charge on any atom is 0.248 e. The zero-order valence-corrected chi connectivity index (χ0v) is 11.4. The summed E-state index contributed by atoms with van der Waals surface area (Å²) in [5, 5.41) is 1.99. The molecule has 0 spiro atoms. The van der Waals surface area contributed by atoms with E-state index < -0.39 is 5.91 Å². The minimum atomic E-state index is -0.450. The molecule has 4 N–H and O–H groups in total. The van der Waals surface area contributed by atoms with Gasteiger partial charge in [-0.2, -0.15) is 0 Å². The number of hydrogen-bond donors (Lipinski definition) is 2. The van der Waals surface area contributed by atoms with Gasteiger partial charge < -0.3 is 16.2 Å². The van der Waals surface area contributed by atoms with Gasteiger partial charge in [0, 0.05) is 16.5 Å². The number of hydrogen-bond acceptors (Lipinski definition) is 4. The molecule has 0 bridgehead atoms. The highest BCUT2D eigenvalue weighted by atomic mass is 32.1. The second-order valence-electron chi connectivity index (χ2n) is 4.30. The Bertz CT molecular complexity index is 535. The standard InChI is InChI=1S/C14H16N2O2S/c1-9(15)13(12-3-2-8-19-12)18-11-6-4-10(5-7-11)14(16)17/h2-9,13H,15H2,1H3,(H2,16,17). The predicted molar refractivity (Wildman–Crippen MR) is 76.3 cm³/mol. The van der Waals surface area contributed by atoms with E-state index in [9.17, 15) is 4.79 Å². The fraction of sp³-hybridized carbons (Fsp3) is 0.214. The number of carbonyl (C=O) groups excluding carboxylic acids is 1. The summed E-state index contributed by atoms with van der Waals surface area (Å²) in [6.45, 7) is 1.90. The van der Waals surface area contributed by atoms with Crippen LogP contribution >= 0.6 is 11.3 Å². The predicted octanol–water partition coefficient (Wildman–Crippen LogP) is 2.31. The van der Waals surface area contributed by atoms with Gasteiger partial charge in [0.25, 0.3) is 0 Å². The highest BCUT2D eigenvalue weighted by Crippen LogP contribution is 2.27. The van der Waals surface area contributed by atoms with Crippen LogP contribution in [0, 0.1) is 0 Å². The van der Waals surface area contributed by atoms with Crippen molar-refractivity contribution in [1.82, 2.24) is 0 Å². The summed E-state index contributed by atoms with van der Waals surface area (Å²) in [5.74, 6) is 0.217. The van der Waals surface area contributed by atoms with Crippen LogP contribution in [0.3, 0.4) is 0 Å². The lowest BCUT2D eigenvalue weighted by Crippen LogP contribution is -2.28. The molecule has 1 amide bonds. The van der Waals surface area contributed by atoms with Gasteiger partial charge in [-0.1, -0.05) is 6.07 Å². The van der Waals surface area contributed by atoms with E-state index in [-0.39, 0.29) is 12.1 Å².